The summed E-state index contributed by atoms with van der Waals surface area (Å²) in [5.74, 6) is -0.374. The molecular formula is C76H99N11O9S3. The molecule has 0 spiro atoms. The molecule has 0 saturated heterocycles. The van der Waals surface area contributed by atoms with Gasteiger partial charge in [-0.15, -0.1) is 5.10 Å². The monoisotopic (exact) mass is 1410 g/mol. The van der Waals surface area contributed by atoms with Crippen molar-refractivity contribution in [2.45, 2.75) is 198 Å². The lowest BCUT2D eigenvalue weighted by Gasteiger charge is -2.30. The third-order valence-corrected chi connectivity index (χ3v) is 22.2. The van der Waals surface area contributed by atoms with Gasteiger partial charge in [0.25, 0.3) is 26.0 Å². The Morgan fingerprint density at radius 3 is 1.68 bits per heavy atom. The number of amidine groups is 2. The maximum absolute atomic E-state index is 14.0. The minimum atomic E-state index is -3.99. The molecule has 20 nitrogen and oxygen atoms in total. The van der Waals surface area contributed by atoms with Crippen LogP contribution in [0.5, 0.6) is 5.75 Å². The number of hydrogen-bond donors (Lipinski definition) is 2. The molecule has 1 atom stereocenters. The molecule has 2 aliphatic heterocycles. The first-order chi connectivity index (χ1) is 48.1. The second kappa shape index (κ2) is 39.3. The maximum atomic E-state index is 14.0. The largest absolute Gasteiger partial charge is 0.494 e. The fraction of sp³-hybridized carbons (Fsp3) is 0.447. The van der Waals surface area contributed by atoms with Crippen LogP contribution in [-0.4, -0.2) is 108 Å². The number of unbranched alkanes of at least 4 members (excludes halogenated alkanes) is 20. The van der Waals surface area contributed by atoms with Crippen LogP contribution in [0.4, 0.5) is 22.7 Å². The average molecular weight is 1410 g/mol. The van der Waals surface area contributed by atoms with Gasteiger partial charge in [0.05, 0.1) is 52.3 Å². The van der Waals surface area contributed by atoms with E-state index in [1.807, 2.05) is 14.0 Å². The Bertz CT molecular complexity index is 4260. The molecule has 0 saturated carbocycles. The first-order valence-corrected chi connectivity index (χ1v) is 39.1. The number of carbonyl (C=O) groups excluding carboxylic acids is 3. The molecule has 2 aliphatic rings. The van der Waals surface area contributed by atoms with Gasteiger partial charge < -0.3 is 24.7 Å². The van der Waals surface area contributed by atoms with Crippen molar-refractivity contribution in [2.24, 2.45) is 15.0 Å². The fourth-order valence-electron chi connectivity index (χ4n) is 12.0. The summed E-state index contributed by atoms with van der Waals surface area (Å²) < 4.78 is 71.9. The van der Waals surface area contributed by atoms with E-state index in [0.29, 0.717) is 53.4 Å². The van der Waals surface area contributed by atoms with Gasteiger partial charge in [0.15, 0.2) is 16.7 Å². The van der Waals surface area contributed by atoms with Gasteiger partial charge in [0.2, 0.25) is 5.91 Å². The lowest BCUT2D eigenvalue weighted by atomic mass is 10.0. The van der Waals surface area contributed by atoms with Gasteiger partial charge in [0, 0.05) is 38.6 Å². The number of ether oxygens (including phenoxy) is 2. The number of para-hydroxylation sites is 4. The van der Waals surface area contributed by atoms with Crippen molar-refractivity contribution < 1.29 is 40.7 Å². The fourth-order valence-corrected chi connectivity index (χ4v) is 15.9. The zero-order valence-corrected chi connectivity index (χ0v) is 60.9. The number of likely N-dealkylation sites (N-methyl/N-ethyl adjacent to an activating group) is 1. The Kier molecular flexibility index (Phi) is 30.3. The predicted molar refractivity (Wildman–Crippen MR) is 399 cm³/mol. The molecule has 0 fully saturated rings. The van der Waals surface area contributed by atoms with Gasteiger partial charge >= 0.3 is 5.97 Å². The molecule has 2 N–H and O–H groups in total. The van der Waals surface area contributed by atoms with Crippen molar-refractivity contribution in [2.75, 3.05) is 44.5 Å². The smallest absolute Gasteiger partial charge is 0.338 e. The number of carbonyl (C=O) groups is 3. The molecule has 23 heteroatoms. The predicted octanol–water partition coefficient (Wildman–Crippen LogP) is 17.2. The molecule has 8 aromatic rings. The van der Waals surface area contributed by atoms with Crippen LogP contribution in [0.1, 0.15) is 192 Å². The van der Waals surface area contributed by atoms with Gasteiger partial charge in [-0.25, -0.2) is 36.3 Å². The van der Waals surface area contributed by atoms with Crippen molar-refractivity contribution in [3.8, 4) is 5.75 Å². The molecule has 99 heavy (non-hydrogen) atoms. The van der Waals surface area contributed by atoms with Crippen LogP contribution in [0.2, 0.25) is 0 Å². The highest BCUT2D eigenvalue weighted by atomic mass is 32.2. The van der Waals surface area contributed by atoms with E-state index < -0.39 is 38.0 Å². The van der Waals surface area contributed by atoms with E-state index in [2.05, 4.69) is 85.5 Å². The molecule has 0 aliphatic carbocycles. The number of hydrogen-bond acceptors (Lipinski definition) is 15. The number of benzene rings is 6. The molecular weight excluding hydrogens is 1310 g/mol. The van der Waals surface area contributed by atoms with Crippen molar-refractivity contribution in [1.29, 1.82) is 0 Å². The Balaban J connectivity index is 0.000000222. The number of nitrogens with one attached hydrogen (secondary N) is 2. The van der Waals surface area contributed by atoms with Crippen LogP contribution in [0.3, 0.4) is 0 Å². The highest BCUT2D eigenvalue weighted by Gasteiger charge is 2.40. The number of thiazole rings is 1. The molecule has 0 bridgehead atoms. The molecule has 0 radical (unpaired) electrons. The second-order valence-electron chi connectivity index (χ2n) is 24.7. The quantitative estimate of drug-likeness (QED) is 0.0279. The number of sulfonamides is 2. The SMILES string of the molecule is CCCCCCCCCCCCCCCCOC(=O)c1ccc(NC(=O)C(C2=Nc3ccccc3S(=O)(=O)N2C)n2nnc3ccccc32)cc1.CCCCCCCCCCN1C(CC(=O)Nc2ccc(OCC)cc2)=Nc2ccccc2S1(=O)=O.CCn1c(=NC)sc2ccccc21. The van der Waals surface area contributed by atoms with E-state index >= 15 is 0 Å². The van der Waals surface area contributed by atoms with Gasteiger partial charge in [-0.2, -0.15) is 0 Å². The van der Waals surface area contributed by atoms with Gasteiger partial charge in [-0.3, -0.25) is 23.2 Å². The summed E-state index contributed by atoms with van der Waals surface area (Å²) in [6.45, 7) is 10.7. The van der Waals surface area contributed by atoms with Crippen LogP contribution in [0, 0.1) is 0 Å². The molecule has 1 unspecified atom stereocenters. The maximum Gasteiger partial charge on any atom is 0.338 e. The number of rotatable bonds is 35. The van der Waals surface area contributed by atoms with Crippen molar-refractivity contribution >= 4 is 105 Å². The van der Waals surface area contributed by atoms with Crippen molar-refractivity contribution in [3.05, 3.63) is 156 Å². The highest BCUT2D eigenvalue weighted by Crippen LogP contribution is 2.36. The molecule has 6 aromatic carbocycles. The van der Waals surface area contributed by atoms with E-state index in [-0.39, 0.29) is 39.5 Å². The number of nitrogens with zero attached hydrogens (tertiary/aromatic N) is 9. The Morgan fingerprint density at radius 2 is 1.08 bits per heavy atom. The summed E-state index contributed by atoms with van der Waals surface area (Å²) >= 11 is 1.74. The summed E-state index contributed by atoms with van der Waals surface area (Å²) in [5.41, 5.74) is 4.35. The first kappa shape index (κ1) is 76.2. The normalized spacial score (nSPS) is 14.0. The van der Waals surface area contributed by atoms with Gasteiger partial charge in [0.1, 0.15) is 26.9 Å². The van der Waals surface area contributed by atoms with Gasteiger partial charge in [-0.1, -0.05) is 207 Å². The topological polar surface area (TPSA) is 241 Å². The van der Waals surface area contributed by atoms with Crippen LogP contribution in [-0.2, 0) is 40.9 Å². The zero-order valence-electron chi connectivity index (χ0n) is 58.4. The number of aliphatic imine (C=N–C) groups is 2. The lowest BCUT2D eigenvalue weighted by molar-refractivity contribution is -0.118. The zero-order chi connectivity index (χ0) is 70.4. The summed E-state index contributed by atoms with van der Waals surface area (Å²) in [7, 11) is -4.55. The molecule has 2 aromatic heterocycles. The molecule has 4 heterocycles. The van der Waals surface area contributed by atoms with Crippen LogP contribution in [0.15, 0.2) is 170 Å². The standard InChI is InChI=1S/C39H50N6O5S.C27H37N3O4S.C10H12N2S/c1-3-4-5-6-7-8-9-10-11-12-13-14-15-20-29-50-39(47)30-25-27-31(28-26-30)40-38(46)36(45-34-23-18-16-21-32(34)42-43-45)37-41-33-22-17-19-24-35(33)51(48,49)44(37)2;1-3-5-6-7-8-9-10-13-20-30-26(29-24-14-11-12-15-25(24)35(30,32)33)21-27(31)28-22-16-18-23(19-17-22)34-4-2;1-3-12-8-6-4-5-7-9(8)13-10(12)11-2/h16-19,21-28,36H,3-15,20,29H2,1-2H3,(H,40,46);11-12,14-19H,3-10,13,20-21H2,1-2H3,(H,28,31);4-7H,3H2,1-2H3. The van der Waals surface area contributed by atoms with E-state index in [4.69, 9.17) is 9.47 Å². The molecule has 530 valence electrons. The van der Waals surface area contributed by atoms with E-state index in [1.54, 1.807) is 127 Å². The van der Waals surface area contributed by atoms with E-state index in [9.17, 15) is 31.2 Å². The minimum Gasteiger partial charge on any atom is -0.494 e. The number of amides is 2. The van der Waals surface area contributed by atoms with Gasteiger partial charge in [-0.05, 0) is 124 Å². The third kappa shape index (κ3) is 21.5. The number of anilines is 2. The average Bonchev–Trinajstić information content (AvgIpc) is 1.29. The number of aryl methyl sites for hydroxylation is 1. The van der Waals surface area contributed by atoms with Crippen molar-refractivity contribution in [3.63, 3.8) is 0 Å². The lowest BCUT2D eigenvalue weighted by Crippen LogP contribution is -2.45. The van der Waals surface area contributed by atoms with E-state index in [0.717, 1.165) is 59.9 Å². The third-order valence-electron chi connectivity index (χ3n) is 17.3. The first-order valence-electron chi connectivity index (χ1n) is 35.4. The number of fused-ring (bicyclic) bond motifs is 4. The Labute approximate surface area is 589 Å². The molecule has 10 rings (SSSR count). The van der Waals surface area contributed by atoms with Crippen molar-refractivity contribution in [1.82, 2.24) is 28.2 Å². The summed E-state index contributed by atoms with van der Waals surface area (Å²) in [5, 5.41) is 14.1. The summed E-state index contributed by atoms with van der Waals surface area (Å²) in [6, 6.07) is 40.8. The minimum absolute atomic E-state index is 0.0365. The van der Waals surface area contributed by atoms with Crippen LogP contribution >= 0.6 is 11.3 Å². The Hall–Kier alpha value is -8.54. The second-order valence-corrected chi connectivity index (χ2v) is 29.5. The number of esters is 1. The highest BCUT2D eigenvalue weighted by molar-refractivity contribution is 7.90. The number of aromatic nitrogens is 4. The summed E-state index contributed by atoms with van der Waals surface area (Å²) in [4.78, 5) is 54.3. The van der Waals surface area contributed by atoms with Crippen LogP contribution in [0.25, 0.3) is 21.3 Å². The molecule has 2 amide bonds. The van der Waals surface area contributed by atoms with E-state index in [1.165, 1.54) is 135 Å². The summed E-state index contributed by atoms with van der Waals surface area (Å²) in [6.07, 6.45) is 26.5. The van der Waals surface area contributed by atoms with Crippen LogP contribution < -0.4 is 20.2 Å². The Morgan fingerprint density at radius 1 is 0.566 bits per heavy atom.